The predicted molar refractivity (Wildman–Crippen MR) is 55.6 cm³/mol. The van der Waals surface area contributed by atoms with E-state index in [0.717, 1.165) is 0 Å². The summed E-state index contributed by atoms with van der Waals surface area (Å²) < 4.78 is 0. The van der Waals surface area contributed by atoms with Gasteiger partial charge in [-0.25, -0.2) is 0 Å². The third-order valence-corrected chi connectivity index (χ3v) is 3.47. The van der Waals surface area contributed by atoms with Crippen molar-refractivity contribution in [2.24, 2.45) is 5.73 Å². The van der Waals surface area contributed by atoms with Crippen molar-refractivity contribution in [3.05, 3.63) is 35.9 Å². The van der Waals surface area contributed by atoms with Crippen LogP contribution in [0.4, 0.5) is 0 Å². The molecular formula is C12H17N. The maximum Gasteiger partial charge on any atom is 0.0108 e. The van der Waals surface area contributed by atoms with Crippen LogP contribution in [-0.2, 0) is 5.41 Å². The monoisotopic (exact) mass is 175 g/mol. The topological polar surface area (TPSA) is 26.0 Å². The number of benzene rings is 1. The highest BCUT2D eigenvalue weighted by Crippen LogP contribution is 2.45. The number of rotatable bonds is 2. The van der Waals surface area contributed by atoms with Crippen molar-refractivity contribution in [3.8, 4) is 0 Å². The van der Waals surface area contributed by atoms with E-state index in [-0.39, 0.29) is 6.04 Å². The Morgan fingerprint density at radius 3 is 2.23 bits per heavy atom. The molecule has 0 spiro atoms. The van der Waals surface area contributed by atoms with Gasteiger partial charge < -0.3 is 5.73 Å². The van der Waals surface area contributed by atoms with Crippen molar-refractivity contribution in [2.75, 3.05) is 0 Å². The molecule has 1 aromatic carbocycles. The van der Waals surface area contributed by atoms with Gasteiger partial charge in [0.15, 0.2) is 0 Å². The van der Waals surface area contributed by atoms with Crippen molar-refractivity contribution < 1.29 is 0 Å². The van der Waals surface area contributed by atoms with Gasteiger partial charge in [-0.15, -0.1) is 0 Å². The van der Waals surface area contributed by atoms with E-state index in [4.69, 9.17) is 5.73 Å². The average Bonchev–Trinajstić information content (AvgIpc) is 2.03. The molecule has 1 nitrogen and oxygen atoms in total. The molecule has 2 rings (SSSR count). The lowest BCUT2D eigenvalue weighted by Gasteiger charge is -2.45. The van der Waals surface area contributed by atoms with E-state index in [2.05, 4.69) is 37.3 Å². The third-order valence-electron chi connectivity index (χ3n) is 3.47. The van der Waals surface area contributed by atoms with Crippen LogP contribution in [0.5, 0.6) is 0 Å². The summed E-state index contributed by atoms with van der Waals surface area (Å²) >= 11 is 0. The van der Waals surface area contributed by atoms with E-state index < -0.39 is 0 Å². The first-order valence-corrected chi connectivity index (χ1v) is 5.07. The summed E-state index contributed by atoms with van der Waals surface area (Å²) in [6.07, 6.45) is 3.85. The highest BCUT2D eigenvalue weighted by Gasteiger charge is 2.41. The fourth-order valence-corrected chi connectivity index (χ4v) is 2.33. The lowest BCUT2D eigenvalue weighted by molar-refractivity contribution is 0.205. The Balaban J connectivity index is 2.32. The van der Waals surface area contributed by atoms with E-state index in [1.165, 1.54) is 24.8 Å². The summed E-state index contributed by atoms with van der Waals surface area (Å²) in [5, 5.41) is 0. The van der Waals surface area contributed by atoms with Gasteiger partial charge in [0.25, 0.3) is 0 Å². The molecule has 1 aliphatic carbocycles. The minimum atomic E-state index is 0.281. The fourth-order valence-electron chi connectivity index (χ4n) is 2.33. The molecule has 0 aromatic heterocycles. The zero-order valence-corrected chi connectivity index (χ0v) is 8.16. The SMILES string of the molecule is CC(N)C1(c2ccccc2)CCC1. The van der Waals surface area contributed by atoms with Crippen LogP contribution in [0.3, 0.4) is 0 Å². The minimum Gasteiger partial charge on any atom is -0.327 e. The summed E-state index contributed by atoms with van der Waals surface area (Å²) in [6.45, 7) is 2.13. The number of nitrogens with two attached hydrogens (primary N) is 1. The molecule has 0 heterocycles. The Bertz CT molecular complexity index is 272. The summed E-state index contributed by atoms with van der Waals surface area (Å²) in [4.78, 5) is 0. The molecule has 1 fully saturated rings. The molecule has 0 radical (unpaired) electrons. The minimum absolute atomic E-state index is 0.281. The molecule has 2 N–H and O–H groups in total. The first-order chi connectivity index (χ1) is 6.26. The second kappa shape index (κ2) is 3.15. The zero-order chi connectivity index (χ0) is 9.31. The van der Waals surface area contributed by atoms with Crippen LogP contribution in [0.2, 0.25) is 0 Å². The van der Waals surface area contributed by atoms with Crippen molar-refractivity contribution in [1.82, 2.24) is 0 Å². The van der Waals surface area contributed by atoms with E-state index in [9.17, 15) is 0 Å². The predicted octanol–water partition coefficient (Wildman–Crippen LogP) is 2.46. The molecule has 13 heavy (non-hydrogen) atoms. The van der Waals surface area contributed by atoms with Gasteiger partial charge in [0.1, 0.15) is 0 Å². The van der Waals surface area contributed by atoms with Crippen LogP contribution >= 0.6 is 0 Å². The second-order valence-corrected chi connectivity index (χ2v) is 4.16. The van der Waals surface area contributed by atoms with E-state index >= 15 is 0 Å². The highest BCUT2D eigenvalue weighted by molar-refractivity contribution is 5.29. The van der Waals surface area contributed by atoms with Crippen LogP contribution in [-0.4, -0.2) is 6.04 Å². The van der Waals surface area contributed by atoms with Crippen LogP contribution < -0.4 is 5.73 Å². The van der Waals surface area contributed by atoms with Crippen LogP contribution in [0.15, 0.2) is 30.3 Å². The third kappa shape index (κ3) is 1.28. The number of hydrogen-bond donors (Lipinski definition) is 1. The maximum atomic E-state index is 6.06. The van der Waals surface area contributed by atoms with Gasteiger partial charge in [-0.05, 0) is 25.3 Å². The van der Waals surface area contributed by atoms with Crippen LogP contribution in [0.1, 0.15) is 31.7 Å². The summed E-state index contributed by atoms with van der Waals surface area (Å²) in [7, 11) is 0. The normalized spacial score (nSPS) is 22.0. The molecule has 70 valence electrons. The molecule has 1 heteroatoms. The Kier molecular flexibility index (Phi) is 2.12. The molecule has 1 aromatic rings. The van der Waals surface area contributed by atoms with Crippen molar-refractivity contribution in [3.63, 3.8) is 0 Å². The van der Waals surface area contributed by atoms with Gasteiger partial charge in [0.05, 0.1) is 0 Å². The largest absolute Gasteiger partial charge is 0.327 e. The molecule has 1 atom stereocenters. The maximum absolute atomic E-state index is 6.06. The van der Waals surface area contributed by atoms with Crippen molar-refractivity contribution in [2.45, 2.75) is 37.6 Å². The van der Waals surface area contributed by atoms with Gasteiger partial charge in [0.2, 0.25) is 0 Å². The van der Waals surface area contributed by atoms with E-state index in [1.807, 2.05) is 0 Å². The molecule has 1 saturated carbocycles. The summed E-state index contributed by atoms with van der Waals surface area (Å²) in [5.74, 6) is 0. The Morgan fingerprint density at radius 1 is 1.23 bits per heavy atom. The van der Waals surface area contributed by atoms with Gasteiger partial charge in [-0.2, -0.15) is 0 Å². The quantitative estimate of drug-likeness (QED) is 0.734. The molecule has 1 aliphatic rings. The smallest absolute Gasteiger partial charge is 0.0108 e. The van der Waals surface area contributed by atoms with Crippen molar-refractivity contribution >= 4 is 0 Å². The van der Waals surface area contributed by atoms with E-state index in [1.54, 1.807) is 0 Å². The molecule has 0 saturated heterocycles. The Hall–Kier alpha value is -0.820. The lowest BCUT2D eigenvalue weighted by Crippen LogP contribution is -2.48. The molecule has 0 aliphatic heterocycles. The second-order valence-electron chi connectivity index (χ2n) is 4.16. The number of hydrogen-bond acceptors (Lipinski definition) is 1. The zero-order valence-electron chi connectivity index (χ0n) is 8.16. The lowest BCUT2D eigenvalue weighted by atomic mass is 9.61. The van der Waals surface area contributed by atoms with Crippen LogP contribution in [0.25, 0.3) is 0 Å². The van der Waals surface area contributed by atoms with Gasteiger partial charge in [-0.3, -0.25) is 0 Å². The van der Waals surface area contributed by atoms with E-state index in [0.29, 0.717) is 5.41 Å². The van der Waals surface area contributed by atoms with Gasteiger partial charge in [0, 0.05) is 11.5 Å². The molecule has 0 amide bonds. The molecule has 1 unspecified atom stereocenters. The Morgan fingerprint density at radius 2 is 1.85 bits per heavy atom. The fraction of sp³-hybridized carbons (Fsp3) is 0.500. The summed E-state index contributed by atoms with van der Waals surface area (Å²) in [5.41, 5.74) is 7.78. The molecular weight excluding hydrogens is 158 g/mol. The first-order valence-electron chi connectivity index (χ1n) is 5.07. The standard InChI is InChI=1S/C12H17N/c1-10(13)12(8-5-9-12)11-6-3-2-4-7-11/h2-4,6-7,10H,5,8-9,13H2,1H3. The summed E-state index contributed by atoms with van der Waals surface area (Å²) in [6, 6.07) is 11.0. The first kappa shape index (κ1) is 8.76. The highest BCUT2D eigenvalue weighted by atomic mass is 14.7. The Labute approximate surface area is 80.0 Å². The van der Waals surface area contributed by atoms with Gasteiger partial charge >= 0.3 is 0 Å². The van der Waals surface area contributed by atoms with Gasteiger partial charge in [-0.1, -0.05) is 36.8 Å². The average molecular weight is 175 g/mol. The van der Waals surface area contributed by atoms with Crippen molar-refractivity contribution in [1.29, 1.82) is 0 Å². The van der Waals surface area contributed by atoms with Crippen LogP contribution in [0, 0.1) is 0 Å². The molecule has 0 bridgehead atoms.